The molecule has 1 unspecified atom stereocenters. The van der Waals surface area contributed by atoms with Gasteiger partial charge in [0.2, 0.25) is 5.78 Å². The van der Waals surface area contributed by atoms with Gasteiger partial charge in [-0.05, 0) is 12.1 Å². The summed E-state index contributed by atoms with van der Waals surface area (Å²) in [4.78, 5) is 24.7. The Kier molecular flexibility index (Phi) is 2.69. The van der Waals surface area contributed by atoms with Crippen LogP contribution < -0.4 is 0 Å². The summed E-state index contributed by atoms with van der Waals surface area (Å²) in [5, 5.41) is 8.20. The van der Waals surface area contributed by atoms with Gasteiger partial charge in [0.05, 0.1) is 0 Å². The van der Waals surface area contributed by atoms with Gasteiger partial charge in [-0.25, -0.2) is 9.18 Å². The maximum atomic E-state index is 12.6. The fourth-order valence-corrected chi connectivity index (χ4v) is 0.775. The Labute approximate surface area is 73.0 Å². The summed E-state index contributed by atoms with van der Waals surface area (Å²) in [6.45, 7) is 0. The van der Waals surface area contributed by atoms with Crippen molar-refractivity contribution in [1.29, 1.82) is 0 Å². The van der Waals surface area contributed by atoms with E-state index in [1.165, 1.54) is 24.5 Å². The predicted octanol–water partition coefficient (Wildman–Crippen LogP) is 0.687. The fourth-order valence-electron chi connectivity index (χ4n) is 0.775. The zero-order chi connectivity index (χ0) is 9.84. The van der Waals surface area contributed by atoms with Crippen LogP contribution in [0.25, 0.3) is 0 Å². The number of aliphatic carboxylic acids is 1. The third kappa shape index (κ3) is 2.08. The van der Waals surface area contributed by atoms with Gasteiger partial charge < -0.3 is 5.11 Å². The number of halogens is 1. The maximum absolute atomic E-state index is 12.6. The molecule has 0 aliphatic rings. The molecule has 1 aromatic heterocycles. The summed E-state index contributed by atoms with van der Waals surface area (Å²) < 4.78 is 12.6. The largest absolute Gasteiger partial charge is 0.479 e. The molecule has 1 rings (SSSR count). The molecule has 1 N–H and O–H groups in total. The van der Waals surface area contributed by atoms with Crippen LogP contribution in [0.2, 0.25) is 0 Å². The molecule has 5 heteroatoms. The highest BCUT2D eigenvalue weighted by Crippen LogP contribution is 2.04. The highest BCUT2D eigenvalue weighted by Gasteiger charge is 2.26. The number of hydrogen-bond acceptors (Lipinski definition) is 3. The number of aromatic nitrogens is 1. The molecule has 0 spiro atoms. The van der Waals surface area contributed by atoms with E-state index in [1.54, 1.807) is 0 Å². The number of carboxylic acids is 1. The van der Waals surface area contributed by atoms with Crippen LogP contribution in [0.3, 0.4) is 0 Å². The van der Waals surface area contributed by atoms with Crippen molar-refractivity contribution >= 4 is 11.8 Å². The second kappa shape index (κ2) is 3.75. The topological polar surface area (TPSA) is 67.3 Å². The second-order valence-electron chi connectivity index (χ2n) is 2.30. The van der Waals surface area contributed by atoms with Crippen LogP contribution in [0, 0.1) is 0 Å². The van der Waals surface area contributed by atoms with Crippen molar-refractivity contribution in [1.82, 2.24) is 4.98 Å². The van der Waals surface area contributed by atoms with Crippen molar-refractivity contribution < 1.29 is 19.1 Å². The van der Waals surface area contributed by atoms with Crippen LogP contribution in [-0.2, 0) is 4.79 Å². The number of alkyl halides is 1. The van der Waals surface area contributed by atoms with Gasteiger partial charge in [-0.3, -0.25) is 9.78 Å². The average Bonchev–Trinajstić information content (AvgIpc) is 2.17. The average molecular weight is 183 g/mol. The fraction of sp³-hybridized carbons (Fsp3) is 0.125. The molecule has 68 valence electrons. The van der Waals surface area contributed by atoms with Crippen LogP contribution in [0.4, 0.5) is 4.39 Å². The van der Waals surface area contributed by atoms with Crippen LogP contribution in [0.1, 0.15) is 10.4 Å². The maximum Gasteiger partial charge on any atom is 0.346 e. The van der Waals surface area contributed by atoms with E-state index < -0.39 is 17.9 Å². The van der Waals surface area contributed by atoms with Gasteiger partial charge in [0, 0.05) is 18.0 Å². The van der Waals surface area contributed by atoms with Gasteiger partial charge in [0.25, 0.3) is 6.17 Å². The Balaban J connectivity index is 2.86. The molecule has 0 saturated heterocycles. The molecule has 0 saturated carbocycles. The Morgan fingerprint density at radius 1 is 1.38 bits per heavy atom. The summed E-state index contributed by atoms with van der Waals surface area (Å²) in [7, 11) is 0. The molecular weight excluding hydrogens is 177 g/mol. The number of rotatable bonds is 3. The summed E-state index contributed by atoms with van der Waals surface area (Å²) >= 11 is 0. The van der Waals surface area contributed by atoms with E-state index in [2.05, 4.69) is 4.98 Å². The number of nitrogens with zero attached hydrogens (tertiary/aromatic N) is 1. The number of carbonyl (C=O) groups is 2. The monoisotopic (exact) mass is 183 g/mol. The zero-order valence-corrected chi connectivity index (χ0v) is 6.48. The predicted molar refractivity (Wildman–Crippen MR) is 41.1 cm³/mol. The molecule has 0 aromatic carbocycles. The SMILES string of the molecule is O=C(O)C(F)C(=O)c1ccncc1. The standard InChI is InChI=1S/C8H6FNO3/c9-6(8(12)13)7(11)5-1-3-10-4-2-5/h1-4,6H,(H,12,13). The van der Waals surface area contributed by atoms with Crippen molar-refractivity contribution in [2.24, 2.45) is 0 Å². The highest BCUT2D eigenvalue weighted by molar-refractivity contribution is 6.10. The first-order valence-electron chi connectivity index (χ1n) is 3.44. The number of Topliss-reactive ketones (excluding diaryl/α,β-unsaturated/α-hetero) is 1. The molecule has 1 heterocycles. The van der Waals surface area contributed by atoms with Crippen LogP contribution in [-0.4, -0.2) is 28.0 Å². The first kappa shape index (κ1) is 9.31. The lowest BCUT2D eigenvalue weighted by Gasteiger charge is -2.00. The van der Waals surface area contributed by atoms with Crippen LogP contribution in [0.15, 0.2) is 24.5 Å². The van der Waals surface area contributed by atoms with E-state index in [9.17, 15) is 14.0 Å². The van der Waals surface area contributed by atoms with Gasteiger partial charge in [0.1, 0.15) is 0 Å². The summed E-state index contributed by atoms with van der Waals surface area (Å²) in [6.07, 6.45) is 0.0891. The molecule has 0 aliphatic heterocycles. The van der Waals surface area contributed by atoms with Gasteiger partial charge in [-0.1, -0.05) is 0 Å². The van der Waals surface area contributed by atoms with Crippen LogP contribution in [0.5, 0.6) is 0 Å². The molecule has 13 heavy (non-hydrogen) atoms. The third-order valence-corrected chi connectivity index (χ3v) is 1.41. The van der Waals surface area contributed by atoms with E-state index in [1.807, 2.05) is 0 Å². The molecule has 0 fully saturated rings. The minimum absolute atomic E-state index is 0.00454. The minimum Gasteiger partial charge on any atom is -0.479 e. The molecule has 0 amide bonds. The number of pyridine rings is 1. The molecule has 0 aliphatic carbocycles. The van der Waals surface area contributed by atoms with E-state index >= 15 is 0 Å². The lowest BCUT2D eigenvalue weighted by Crippen LogP contribution is -2.25. The lowest BCUT2D eigenvalue weighted by molar-refractivity contribution is -0.140. The van der Waals surface area contributed by atoms with Crippen molar-refractivity contribution in [3.8, 4) is 0 Å². The number of carboxylic acid groups (broad SMARTS) is 1. The van der Waals surface area contributed by atoms with Gasteiger partial charge in [0.15, 0.2) is 0 Å². The Morgan fingerprint density at radius 3 is 2.38 bits per heavy atom. The van der Waals surface area contributed by atoms with E-state index in [4.69, 9.17) is 5.11 Å². The quantitative estimate of drug-likeness (QED) is 0.552. The van der Waals surface area contributed by atoms with Gasteiger partial charge in [-0.15, -0.1) is 0 Å². The number of hydrogen-bond donors (Lipinski definition) is 1. The molecule has 0 radical (unpaired) electrons. The first-order chi connectivity index (χ1) is 6.13. The van der Waals surface area contributed by atoms with Crippen LogP contribution >= 0.6 is 0 Å². The smallest absolute Gasteiger partial charge is 0.346 e. The summed E-state index contributed by atoms with van der Waals surface area (Å²) in [6, 6.07) is 2.52. The summed E-state index contributed by atoms with van der Waals surface area (Å²) in [5.74, 6) is -2.84. The van der Waals surface area contributed by atoms with Gasteiger partial charge in [-0.2, -0.15) is 0 Å². The second-order valence-corrected chi connectivity index (χ2v) is 2.30. The molecule has 0 bridgehead atoms. The zero-order valence-electron chi connectivity index (χ0n) is 6.48. The lowest BCUT2D eigenvalue weighted by atomic mass is 10.1. The Bertz CT molecular complexity index is 325. The normalized spacial score (nSPS) is 12.1. The Morgan fingerprint density at radius 2 is 1.92 bits per heavy atom. The molecular formula is C8H6FNO3. The van der Waals surface area contributed by atoms with Crippen molar-refractivity contribution in [3.63, 3.8) is 0 Å². The molecule has 4 nitrogen and oxygen atoms in total. The molecule has 1 atom stereocenters. The van der Waals surface area contributed by atoms with Gasteiger partial charge >= 0.3 is 5.97 Å². The van der Waals surface area contributed by atoms with E-state index in [0.29, 0.717) is 0 Å². The molecule has 1 aromatic rings. The van der Waals surface area contributed by atoms with Crippen molar-refractivity contribution in [2.75, 3.05) is 0 Å². The minimum atomic E-state index is -2.50. The van der Waals surface area contributed by atoms with E-state index in [-0.39, 0.29) is 5.56 Å². The number of carbonyl (C=O) groups excluding carboxylic acids is 1. The number of ketones is 1. The highest BCUT2D eigenvalue weighted by atomic mass is 19.1. The summed E-state index contributed by atoms with van der Waals surface area (Å²) in [5.41, 5.74) is 0.00454. The van der Waals surface area contributed by atoms with E-state index in [0.717, 1.165) is 0 Å². The third-order valence-electron chi connectivity index (χ3n) is 1.41. The van der Waals surface area contributed by atoms with Crippen molar-refractivity contribution in [3.05, 3.63) is 30.1 Å². The Hall–Kier alpha value is -1.78. The first-order valence-corrected chi connectivity index (χ1v) is 3.44. The van der Waals surface area contributed by atoms with Crippen molar-refractivity contribution in [2.45, 2.75) is 6.17 Å².